The van der Waals surface area contributed by atoms with Crippen LogP contribution in [0.25, 0.3) is 0 Å². The Morgan fingerprint density at radius 1 is 0.461 bits per heavy atom. The summed E-state index contributed by atoms with van der Waals surface area (Å²) in [7, 11) is 0. The average Bonchev–Trinajstić information content (AvgIpc) is 3.42. The summed E-state index contributed by atoms with van der Waals surface area (Å²) in [5.41, 5.74) is 0. The molecule has 0 spiro atoms. The summed E-state index contributed by atoms with van der Waals surface area (Å²) in [5, 5.41) is 87.1. The number of hydrogen-bond donors (Lipinski definition) is 9. The van der Waals surface area contributed by atoms with E-state index in [1.807, 2.05) is 6.08 Å². The molecule has 2 saturated heterocycles. The maximum absolute atomic E-state index is 13.3. The molecule has 450 valence electrons. The van der Waals surface area contributed by atoms with Crippen molar-refractivity contribution in [2.75, 3.05) is 19.8 Å². The van der Waals surface area contributed by atoms with Crippen LogP contribution in [0.5, 0.6) is 0 Å². The zero-order valence-corrected chi connectivity index (χ0v) is 48.5. The van der Waals surface area contributed by atoms with Gasteiger partial charge in [-0.2, -0.15) is 0 Å². The third-order valence-electron chi connectivity index (χ3n) is 16.0. The van der Waals surface area contributed by atoms with E-state index in [1.165, 1.54) is 218 Å². The normalized spacial score (nSPS) is 24.9. The van der Waals surface area contributed by atoms with Gasteiger partial charge in [-0.15, -0.1) is 0 Å². The Morgan fingerprint density at radius 2 is 0.816 bits per heavy atom. The summed E-state index contributed by atoms with van der Waals surface area (Å²) in [6, 6.07) is -0.909. The minimum absolute atomic E-state index is 0.233. The van der Waals surface area contributed by atoms with Crippen molar-refractivity contribution in [3.63, 3.8) is 0 Å². The van der Waals surface area contributed by atoms with Crippen LogP contribution in [0.2, 0.25) is 0 Å². The molecule has 9 N–H and O–H groups in total. The summed E-state index contributed by atoms with van der Waals surface area (Å²) in [4.78, 5) is 13.3. The van der Waals surface area contributed by atoms with Crippen LogP contribution in [0.4, 0.5) is 0 Å². The molecule has 12 atom stereocenters. The SMILES string of the molecule is CCCCCCCCCCCCCCC/C=C/C(O)C(COC1OC(CO)C(OC2OC(CO)C(O)C(O)C2O)C(O)C1O)NC(=O)CCCCCCCCCCCCCCCCCCCCCCCCCCCCC. The summed E-state index contributed by atoms with van der Waals surface area (Å²) >= 11 is 0. The first-order valence-corrected chi connectivity index (χ1v) is 31.9. The number of aliphatic hydroxyl groups excluding tert-OH is 8. The number of hydrogen-bond acceptors (Lipinski definition) is 13. The van der Waals surface area contributed by atoms with Crippen molar-refractivity contribution in [3.8, 4) is 0 Å². The highest BCUT2D eigenvalue weighted by atomic mass is 16.7. The third kappa shape index (κ3) is 33.5. The number of nitrogens with one attached hydrogen (secondary N) is 1. The van der Waals surface area contributed by atoms with Crippen molar-refractivity contribution in [3.05, 3.63) is 12.2 Å². The van der Waals surface area contributed by atoms with Crippen molar-refractivity contribution in [2.24, 2.45) is 0 Å². The number of rotatable bonds is 52. The van der Waals surface area contributed by atoms with E-state index in [0.717, 1.165) is 38.5 Å². The molecule has 14 heteroatoms. The van der Waals surface area contributed by atoms with E-state index in [-0.39, 0.29) is 18.9 Å². The zero-order chi connectivity index (χ0) is 55.3. The van der Waals surface area contributed by atoms with E-state index in [0.29, 0.717) is 6.42 Å². The Bertz CT molecular complexity index is 1330. The lowest BCUT2D eigenvalue weighted by molar-refractivity contribution is -0.359. The first-order valence-electron chi connectivity index (χ1n) is 31.9. The Kier molecular flexibility index (Phi) is 45.1. The highest BCUT2D eigenvalue weighted by Crippen LogP contribution is 2.30. The van der Waals surface area contributed by atoms with Crippen LogP contribution < -0.4 is 5.32 Å². The van der Waals surface area contributed by atoms with Gasteiger partial charge in [-0.25, -0.2) is 0 Å². The van der Waals surface area contributed by atoms with E-state index >= 15 is 0 Å². The van der Waals surface area contributed by atoms with Gasteiger partial charge in [0.15, 0.2) is 12.6 Å². The minimum Gasteiger partial charge on any atom is -0.394 e. The second kappa shape index (κ2) is 48.4. The van der Waals surface area contributed by atoms with Gasteiger partial charge in [0.05, 0.1) is 32.0 Å². The molecule has 1 amide bonds. The number of carbonyl (C=O) groups excluding carboxylic acids is 1. The predicted molar refractivity (Wildman–Crippen MR) is 305 cm³/mol. The lowest BCUT2D eigenvalue weighted by Gasteiger charge is -2.46. The molecule has 14 nitrogen and oxygen atoms in total. The maximum Gasteiger partial charge on any atom is 0.220 e. The molecule has 0 aliphatic carbocycles. The fourth-order valence-corrected chi connectivity index (χ4v) is 10.8. The number of amides is 1. The molecule has 2 aliphatic heterocycles. The summed E-state index contributed by atoms with van der Waals surface area (Å²) < 4.78 is 22.8. The second-order valence-corrected chi connectivity index (χ2v) is 22.9. The minimum atomic E-state index is -1.79. The average molecular weight is 1090 g/mol. The number of ether oxygens (including phenoxy) is 4. The topological polar surface area (TPSA) is 228 Å². The van der Waals surface area contributed by atoms with Crippen LogP contribution in [0.15, 0.2) is 12.2 Å². The Hall–Kier alpha value is -1.27. The van der Waals surface area contributed by atoms with Gasteiger partial charge in [-0.3, -0.25) is 4.79 Å². The van der Waals surface area contributed by atoms with Crippen LogP contribution in [0.3, 0.4) is 0 Å². The number of aliphatic hydroxyl groups is 8. The summed E-state index contributed by atoms with van der Waals surface area (Å²) in [6.07, 6.45) is 39.8. The molecular formula is C62H119NO13. The van der Waals surface area contributed by atoms with Crippen molar-refractivity contribution in [1.29, 1.82) is 0 Å². The first kappa shape index (κ1) is 70.8. The van der Waals surface area contributed by atoms with E-state index in [1.54, 1.807) is 6.08 Å². The fourth-order valence-electron chi connectivity index (χ4n) is 10.8. The molecule has 0 aromatic rings. The van der Waals surface area contributed by atoms with Crippen LogP contribution in [-0.4, -0.2) is 140 Å². The van der Waals surface area contributed by atoms with Crippen molar-refractivity contribution >= 4 is 5.91 Å². The molecule has 0 aromatic carbocycles. The monoisotopic (exact) mass is 1090 g/mol. The zero-order valence-electron chi connectivity index (χ0n) is 48.5. The number of allylic oxidation sites excluding steroid dienone is 1. The molecule has 2 rings (SSSR count). The fraction of sp³-hybridized carbons (Fsp3) is 0.952. The largest absolute Gasteiger partial charge is 0.394 e. The van der Waals surface area contributed by atoms with Gasteiger partial charge >= 0.3 is 0 Å². The molecule has 0 aromatic heterocycles. The van der Waals surface area contributed by atoms with Gasteiger partial charge in [-0.1, -0.05) is 270 Å². The number of unbranched alkanes of at least 4 members (excludes halogenated alkanes) is 39. The quantitative estimate of drug-likeness (QED) is 0.0204. The van der Waals surface area contributed by atoms with Crippen LogP contribution in [-0.2, 0) is 23.7 Å². The molecule has 2 fully saturated rings. The van der Waals surface area contributed by atoms with Gasteiger partial charge in [-0.05, 0) is 19.3 Å². The molecule has 12 unspecified atom stereocenters. The highest BCUT2D eigenvalue weighted by Gasteiger charge is 2.51. The first-order chi connectivity index (χ1) is 37.1. The Labute approximate surface area is 463 Å². The van der Waals surface area contributed by atoms with E-state index < -0.39 is 86.8 Å². The van der Waals surface area contributed by atoms with Gasteiger partial charge in [0.2, 0.25) is 5.91 Å². The molecule has 2 aliphatic rings. The molecule has 0 radical (unpaired) electrons. The van der Waals surface area contributed by atoms with E-state index in [4.69, 9.17) is 18.9 Å². The smallest absolute Gasteiger partial charge is 0.220 e. The van der Waals surface area contributed by atoms with Crippen LogP contribution in [0, 0.1) is 0 Å². The molecule has 0 bridgehead atoms. The van der Waals surface area contributed by atoms with Crippen molar-refractivity contribution in [2.45, 2.75) is 357 Å². The molecule has 2 heterocycles. The van der Waals surface area contributed by atoms with Gasteiger partial charge in [0, 0.05) is 6.42 Å². The summed E-state index contributed by atoms with van der Waals surface area (Å²) in [6.45, 7) is 2.83. The second-order valence-electron chi connectivity index (χ2n) is 22.9. The standard InChI is InChI=1S/C62H119NO13/c1-3-5-7-9-11-13-15-17-19-20-21-22-23-24-25-26-27-28-29-30-32-34-36-38-40-42-44-46-54(67)63-50(51(66)45-43-41-39-37-35-33-31-18-16-14-12-10-8-6-4-2)49-73-61-59(72)57(70)60(53(48-65)75-61)76-62-58(71)56(69)55(68)52(47-64)74-62/h43,45,50-53,55-62,64-66,68-72H,3-42,44,46-49H2,1-2H3,(H,63,67)/b45-43+. The predicted octanol–water partition coefficient (Wildman–Crippen LogP) is 11.5. The molecule has 76 heavy (non-hydrogen) atoms. The van der Waals surface area contributed by atoms with Crippen molar-refractivity contribution in [1.82, 2.24) is 5.32 Å². The maximum atomic E-state index is 13.3. The Balaban J connectivity index is 1.68. The third-order valence-corrected chi connectivity index (χ3v) is 16.0. The van der Waals surface area contributed by atoms with Crippen molar-refractivity contribution < 1.29 is 64.6 Å². The van der Waals surface area contributed by atoms with E-state index in [9.17, 15) is 45.6 Å². The highest BCUT2D eigenvalue weighted by molar-refractivity contribution is 5.76. The lowest BCUT2D eigenvalue weighted by Crippen LogP contribution is -2.65. The van der Waals surface area contributed by atoms with Gasteiger partial charge in [0.25, 0.3) is 0 Å². The van der Waals surface area contributed by atoms with Gasteiger partial charge in [0.1, 0.15) is 48.8 Å². The molecule has 0 saturated carbocycles. The summed E-state index contributed by atoms with van der Waals surface area (Å²) in [5.74, 6) is -0.233. The number of carbonyl (C=O) groups is 1. The van der Waals surface area contributed by atoms with Crippen LogP contribution in [0.1, 0.15) is 284 Å². The lowest BCUT2D eigenvalue weighted by atomic mass is 9.97. The molecular weight excluding hydrogens is 967 g/mol. The van der Waals surface area contributed by atoms with E-state index in [2.05, 4.69) is 19.2 Å². The van der Waals surface area contributed by atoms with Gasteiger partial charge < -0.3 is 65.1 Å². The van der Waals surface area contributed by atoms with Crippen LogP contribution >= 0.6 is 0 Å². The Morgan fingerprint density at radius 3 is 1.21 bits per heavy atom.